The van der Waals surface area contributed by atoms with Crippen LogP contribution in [0.4, 0.5) is 13.2 Å². The van der Waals surface area contributed by atoms with E-state index in [1.807, 2.05) is 164 Å². The van der Waals surface area contributed by atoms with Crippen LogP contribution in [0.3, 0.4) is 0 Å². The van der Waals surface area contributed by atoms with Gasteiger partial charge >= 0.3 is 6.18 Å². The van der Waals surface area contributed by atoms with Crippen molar-refractivity contribution in [3.63, 3.8) is 0 Å². The maximum Gasteiger partial charge on any atom is 0.416 e. The smallest absolute Gasteiger partial charge is 0.309 e. The van der Waals surface area contributed by atoms with Gasteiger partial charge in [-0.15, -0.1) is 0 Å². The predicted molar refractivity (Wildman–Crippen MR) is 251 cm³/mol. The van der Waals surface area contributed by atoms with Crippen molar-refractivity contribution in [3.05, 3.63) is 212 Å². The summed E-state index contributed by atoms with van der Waals surface area (Å²) in [5.74, 6) is 2.77. The van der Waals surface area contributed by atoms with Crippen LogP contribution in [-0.2, 0) is 6.18 Å². The van der Waals surface area contributed by atoms with Crippen LogP contribution >= 0.6 is 0 Å². The molecule has 0 aliphatic heterocycles. The Kier molecular flexibility index (Phi) is 9.81. The van der Waals surface area contributed by atoms with Gasteiger partial charge in [-0.1, -0.05) is 164 Å². The zero-order chi connectivity index (χ0) is 43.9. The minimum Gasteiger partial charge on any atom is -0.309 e. The van der Waals surface area contributed by atoms with Gasteiger partial charge in [0.25, 0.3) is 0 Å². The first-order valence-corrected chi connectivity index (χ1v) is 20.9. The molecule has 0 amide bonds. The van der Waals surface area contributed by atoms with Gasteiger partial charge in [0.05, 0.1) is 16.6 Å². The number of halogens is 3. The average Bonchev–Trinajstić information content (AvgIpc) is 3.70. The number of rotatable bonds is 8. The van der Waals surface area contributed by atoms with Crippen molar-refractivity contribution in [1.29, 1.82) is 0 Å². The topological polar surface area (TPSA) is 82.3 Å². The lowest BCUT2D eigenvalue weighted by molar-refractivity contribution is -0.137. The van der Waals surface area contributed by atoms with Gasteiger partial charge in [-0.05, 0) is 53.6 Å². The summed E-state index contributed by atoms with van der Waals surface area (Å²) in [6, 6.07) is 64.2. The molecule has 0 spiro atoms. The molecule has 0 atom stereocenters. The number of para-hydroxylation sites is 1. The van der Waals surface area contributed by atoms with Crippen LogP contribution in [0.25, 0.3) is 107 Å². The third-order valence-electron chi connectivity index (χ3n) is 11.3. The number of fused-ring (bicyclic) bond motifs is 3. The molecule has 0 aliphatic carbocycles. The second-order valence-electron chi connectivity index (χ2n) is 15.5. The summed E-state index contributed by atoms with van der Waals surface area (Å²) in [5.41, 5.74) is 7.15. The molecule has 8 aromatic carbocycles. The van der Waals surface area contributed by atoms with Crippen molar-refractivity contribution in [2.75, 3.05) is 0 Å². The van der Waals surface area contributed by atoms with E-state index in [1.165, 1.54) is 12.1 Å². The molecule has 10 heteroatoms. The Labute approximate surface area is 371 Å². The van der Waals surface area contributed by atoms with Crippen LogP contribution in [-0.4, -0.2) is 34.5 Å². The normalized spacial score (nSPS) is 11.6. The van der Waals surface area contributed by atoms with Crippen molar-refractivity contribution in [3.8, 4) is 85.1 Å². The van der Waals surface area contributed by atoms with Crippen molar-refractivity contribution in [2.45, 2.75) is 6.18 Å². The summed E-state index contributed by atoms with van der Waals surface area (Å²) in [5, 5.41) is 1.98. The molecule has 0 radical (unpaired) electrons. The first kappa shape index (κ1) is 39.2. The van der Waals surface area contributed by atoms with Crippen LogP contribution < -0.4 is 0 Å². The summed E-state index contributed by atoms with van der Waals surface area (Å²) < 4.78 is 45.4. The Bertz CT molecular complexity index is 3410. The minimum absolute atomic E-state index is 0.319. The highest BCUT2D eigenvalue weighted by Gasteiger charge is 2.31. The highest BCUT2D eigenvalue weighted by molar-refractivity contribution is 6.10. The van der Waals surface area contributed by atoms with Crippen LogP contribution in [0.5, 0.6) is 0 Å². The zero-order valence-corrected chi connectivity index (χ0v) is 34.4. The maximum atomic E-state index is 14.4. The van der Waals surface area contributed by atoms with E-state index < -0.39 is 11.7 Å². The predicted octanol–water partition coefficient (Wildman–Crippen LogP) is 13.8. The van der Waals surface area contributed by atoms with Crippen LogP contribution in [0, 0.1) is 0 Å². The van der Waals surface area contributed by atoms with Crippen LogP contribution in [0.1, 0.15) is 5.56 Å². The first-order valence-electron chi connectivity index (χ1n) is 20.9. The number of benzene rings is 8. The highest BCUT2D eigenvalue weighted by Crippen LogP contribution is 2.40. The molecule has 0 unspecified atom stereocenters. The van der Waals surface area contributed by atoms with E-state index in [0.29, 0.717) is 51.6 Å². The Morgan fingerprint density at radius 1 is 0.308 bits per heavy atom. The van der Waals surface area contributed by atoms with Gasteiger partial charge in [-0.3, -0.25) is 0 Å². The van der Waals surface area contributed by atoms with Crippen molar-refractivity contribution < 1.29 is 13.2 Å². The monoisotopic (exact) mass is 849 g/mol. The van der Waals surface area contributed by atoms with Crippen molar-refractivity contribution in [2.24, 2.45) is 0 Å². The van der Waals surface area contributed by atoms with Crippen LogP contribution in [0.2, 0.25) is 0 Å². The Morgan fingerprint density at radius 3 is 1.28 bits per heavy atom. The Hall–Kier alpha value is -8.63. The van der Waals surface area contributed by atoms with Crippen molar-refractivity contribution >= 4 is 21.8 Å². The fourth-order valence-corrected chi connectivity index (χ4v) is 8.22. The number of hydrogen-bond acceptors (Lipinski definition) is 6. The lowest BCUT2D eigenvalue weighted by Gasteiger charge is -2.16. The molecule has 0 saturated heterocycles. The summed E-state index contributed by atoms with van der Waals surface area (Å²) in [4.78, 5) is 29.7. The molecule has 3 aromatic heterocycles. The highest BCUT2D eigenvalue weighted by atomic mass is 19.4. The molecule has 11 rings (SSSR count). The molecule has 310 valence electrons. The molecular formula is C55H34F3N7. The van der Waals surface area contributed by atoms with E-state index in [9.17, 15) is 13.2 Å². The number of aromatic nitrogens is 7. The fourth-order valence-electron chi connectivity index (χ4n) is 8.22. The number of nitrogens with zero attached hydrogens (tertiary/aromatic N) is 7. The van der Waals surface area contributed by atoms with Gasteiger partial charge in [0.15, 0.2) is 34.9 Å². The van der Waals surface area contributed by atoms with Gasteiger partial charge in [0.2, 0.25) is 0 Å². The van der Waals surface area contributed by atoms with Gasteiger partial charge in [-0.25, -0.2) is 29.9 Å². The number of hydrogen-bond donors (Lipinski definition) is 0. The first-order chi connectivity index (χ1) is 31.8. The summed E-state index contributed by atoms with van der Waals surface area (Å²) >= 11 is 0. The third kappa shape index (κ3) is 7.57. The minimum atomic E-state index is -4.57. The third-order valence-corrected chi connectivity index (χ3v) is 11.3. The lowest BCUT2D eigenvalue weighted by Crippen LogP contribution is -2.05. The molecule has 3 heterocycles. The average molecular weight is 850 g/mol. The van der Waals surface area contributed by atoms with Crippen LogP contribution in [0.15, 0.2) is 206 Å². The fraction of sp³-hybridized carbons (Fsp3) is 0.0182. The van der Waals surface area contributed by atoms with Gasteiger partial charge in [0.1, 0.15) is 0 Å². The van der Waals surface area contributed by atoms with Gasteiger partial charge in [0, 0.05) is 49.8 Å². The summed E-state index contributed by atoms with van der Waals surface area (Å²) in [6.07, 6.45) is -4.57. The SMILES string of the molecule is FC(F)(F)c1cccc(-c2cc(-n3c4ccccc4c4ccc(-c5nc(-c6ccccc6)nc(-c6ccccc6)n5)cc43)ccc2-c2nc(-c3ccccc3)nc(-c3ccccc3)n2)c1. The molecular weight excluding hydrogens is 816 g/mol. The second-order valence-corrected chi connectivity index (χ2v) is 15.5. The zero-order valence-electron chi connectivity index (χ0n) is 34.4. The molecule has 0 fully saturated rings. The largest absolute Gasteiger partial charge is 0.416 e. The Balaban J connectivity index is 1.14. The second kappa shape index (κ2) is 16.2. The lowest BCUT2D eigenvalue weighted by atomic mass is 9.96. The summed E-state index contributed by atoms with van der Waals surface area (Å²) in [6.45, 7) is 0. The Morgan fingerprint density at radius 2 is 0.754 bits per heavy atom. The number of alkyl halides is 3. The van der Waals surface area contributed by atoms with Crippen molar-refractivity contribution in [1.82, 2.24) is 34.5 Å². The maximum absolute atomic E-state index is 14.4. The van der Waals surface area contributed by atoms with Gasteiger partial charge < -0.3 is 4.57 Å². The van der Waals surface area contributed by atoms with E-state index >= 15 is 0 Å². The van der Waals surface area contributed by atoms with Gasteiger partial charge in [-0.2, -0.15) is 13.2 Å². The molecule has 0 N–H and O–H groups in total. The van der Waals surface area contributed by atoms with E-state index in [-0.39, 0.29) is 0 Å². The van der Waals surface area contributed by atoms with E-state index in [0.717, 1.165) is 61.4 Å². The molecule has 7 nitrogen and oxygen atoms in total. The molecule has 0 saturated carbocycles. The van der Waals surface area contributed by atoms with E-state index in [4.69, 9.17) is 29.9 Å². The quantitative estimate of drug-likeness (QED) is 0.151. The summed E-state index contributed by atoms with van der Waals surface area (Å²) in [7, 11) is 0. The van der Waals surface area contributed by atoms with E-state index in [1.54, 1.807) is 6.07 Å². The standard InChI is InChI=1S/C55H34F3N7/c56-55(57,58)41-25-15-24-39(32-41)46-34-42(29-31-45(46)54-63-51(37-20-9-3-10-21-37)60-52(64-54)38-22-11-4-12-23-38)65-47-27-14-13-26-43(47)44-30-28-40(33-48(44)65)53-61-49(35-16-5-1-6-17-35)59-50(62-53)36-18-7-2-8-19-36/h1-34H. The van der Waals surface area contributed by atoms with E-state index in [2.05, 4.69) is 22.8 Å². The molecule has 11 aromatic rings. The molecule has 0 aliphatic rings. The molecule has 0 bridgehead atoms. The molecule has 65 heavy (non-hydrogen) atoms.